The highest BCUT2D eigenvalue weighted by atomic mass is 19.4. The zero-order valence-electron chi connectivity index (χ0n) is 18.5. The van der Waals surface area contributed by atoms with Gasteiger partial charge in [0.1, 0.15) is 5.75 Å². The first-order chi connectivity index (χ1) is 14.8. The quantitative estimate of drug-likeness (QED) is 0.714. The van der Waals surface area contributed by atoms with Crippen LogP contribution in [0.1, 0.15) is 50.8 Å². The SMILES string of the molecule is CCc1ccc(C2=NN(C(=O)COc3ccc(C(C)(C)C)cc3)[C@@](O)(C(F)(F)F)C2)cc1. The zero-order valence-corrected chi connectivity index (χ0v) is 18.5. The second-order valence-electron chi connectivity index (χ2n) is 8.86. The monoisotopic (exact) mass is 448 g/mol. The third kappa shape index (κ3) is 4.80. The number of aliphatic hydroxyl groups is 1. The lowest BCUT2D eigenvalue weighted by molar-refractivity contribution is -0.302. The van der Waals surface area contributed by atoms with Gasteiger partial charge in [-0.25, -0.2) is 0 Å². The Kier molecular flexibility index (Phi) is 6.38. The number of hydrogen-bond donors (Lipinski definition) is 1. The molecule has 0 aromatic heterocycles. The van der Waals surface area contributed by atoms with Crippen molar-refractivity contribution in [3.05, 3.63) is 65.2 Å². The molecular formula is C24H27F3N2O3. The van der Waals surface area contributed by atoms with Gasteiger partial charge in [0.2, 0.25) is 0 Å². The Morgan fingerprint density at radius 3 is 2.19 bits per heavy atom. The third-order valence-electron chi connectivity index (χ3n) is 5.45. The molecule has 1 amide bonds. The molecule has 1 heterocycles. The summed E-state index contributed by atoms with van der Waals surface area (Å²) in [6.45, 7) is 7.40. The predicted octanol–water partition coefficient (Wildman–Crippen LogP) is 4.81. The second kappa shape index (κ2) is 8.58. The summed E-state index contributed by atoms with van der Waals surface area (Å²) in [5.74, 6) is -0.759. The van der Waals surface area contributed by atoms with Crippen molar-refractivity contribution in [1.82, 2.24) is 5.01 Å². The summed E-state index contributed by atoms with van der Waals surface area (Å²) in [5, 5.41) is 14.4. The molecule has 2 aromatic carbocycles. The van der Waals surface area contributed by atoms with Gasteiger partial charge in [0.15, 0.2) is 6.61 Å². The van der Waals surface area contributed by atoms with E-state index in [9.17, 15) is 23.1 Å². The van der Waals surface area contributed by atoms with Crippen molar-refractivity contribution in [2.45, 2.75) is 57.9 Å². The van der Waals surface area contributed by atoms with E-state index in [1.54, 1.807) is 36.4 Å². The molecule has 32 heavy (non-hydrogen) atoms. The molecule has 1 atom stereocenters. The van der Waals surface area contributed by atoms with E-state index in [-0.39, 0.29) is 16.1 Å². The van der Waals surface area contributed by atoms with Gasteiger partial charge in [-0.05, 0) is 40.7 Å². The molecule has 0 saturated heterocycles. The Hall–Kier alpha value is -2.87. The van der Waals surface area contributed by atoms with Crippen LogP contribution in [0.5, 0.6) is 5.75 Å². The summed E-state index contributed by atoms with van der Waals surface area (Å²) in [6.07, 6.45) is -5.17. The minimum atomic E-state index is -5.09. The number of alkyl halides is 3. The van der Waals surface area contributed by atoms with Crippen molar-refractivity contribution in [2.24, 2.45) is 5.10 Å². The average Bonchev–Trinajstić information content (AvgIpc) is 3.11. The molecule has 0 fully saturated rings. The van der Waals surface area contributed by atoms with Crippen LogP contribution in [0.4, 0.5) is 13.2 Å². The lowest BCUT2D eigenvalue weighted by Gasteiger charge is -2.32. The number of ether oxygens (including phenoxy) is 1. The Morgan fingerprint density at radius 1 is 1.09 bits per heavy atom. The molecule has 172 valence electrons. The molecule has 0 bridgehead atoms. The number of benzene rings is 2. The summed E-state index contributed by atoms with van der Waals surface area (Å²) in [6, 6.07) is 13.8. The van der Waals surface area contributed by atoms with Gasteiger partial charge in [-0.1, -0.05) is 64.1 Å². The third-order valence-corrected chi connectivity index (χ3v) is 5.45. The van der Waals surface area contributed by atoms with E-state index in [4.69, 9.17) is 4.74 Å². The van der Waals surface area contributed by atoms with Crippen LogP contribution >= 0.6 is 0 Å². The smallest absolute Gasteiger partial charge is 0.438 e. The van der Waals surface area contributed by atoms with Crippen molar-refractivity contribution in [1.29, 1.82) is 0 Å². The molecule has 1 N–H and O–H groups in total. The Bertz CT molecular complexity index is 993. The molecule has 1 aliphatic rings. The minimum Gasteiger partial charge on any atom is -0.484 e. The number of nitrogens with zero attached hydrogens (tertiary/aromatic N) is 2. The zero-order chi connectivity index (χ0) is 23.7. The molecule has 2 aromatic rings. The van der Waals surface area contributed by atoms with Crippen molar-refractivity contribution in [2.75, 3.05) is 6.61 Å². The summed E-state index contributed by atoms with van der Waals surface area (Å²) >= 11 is 0. The van der Waals surface area contributed by atoms with Crippen molar-refractivity contribution in [3.63, 3.8) is 0 Å². The first kappa shape index (κ1) is 23.8. The molecule has 0 spiro atoms. The maximum atomic E-state index is 13.7. The molecule has 5 nitrogen and oxygen atoms in total. The van der Waals surface area contributed by atoms with E-state index in [1.165, 1.54) is 0 Å². The fourth-order valence-electron chi connectivity index (χ4n) is 3.38. The largest absolute Gasteiger partial charge is 0.484 e. The number of carbonyl (C=O) groups is 1. The molecule has 0 aliphatic carbocycles. The number of hydrogen-bond acceptors (Lipinski definition) is 4. The van der Waals surface area contributed by atoms with E-state index in [0.29, 0.717) is 11.3 Å². The van der Waals surface area contributed by atoms with E-state index >= 15 is 0 Å². The fourth-order valence-corrected chi connectivity index (χ4v) is 3.38. The summed E-state index contributed by atoms with van der Waals surface area (Å²) in [5.41, 5.74) is -1.05. The van der Waals surface area contributed by atoms with Crippen LogP contribution in [-0.4, -0.2) is 40.2 Å². The average molecular weight is 448 g/mol. The van der Waals surface area contributed by atoms with Crippen LogP contribution in [0.15, 0.2) is 53.6 Å². The van der Waals surface area contributed by atoms with Crippen molar-refractivity contribution < 1.29 is 27.8 Å². The number of amides is 1. The Morgan fingerprint density at radius 2 is 1.69 bits per heavy atom. The van der Waals surface area contributed by atoms with E-state index in [1.807, 2.05) is 39.8 Å². The Labute approximate surface area is 185 Å². The molecule has 8 heteroatoms. The van der Waals surface area contributed by atoms with Crippen LogP contribution in [0.2, 0.25) is 0 Å². The maximum absolute atomic E-state index is 13.7. The lowest BCUT2D eigenvalue weighted by atomic mass is 9.87. The molecule has 0 radical (unpaired) electrons. The predicted molar refractivity (Wildman–Crippen MR) is 115 cm³/mol. The van der Waals surface area contributed by atoms with Crippen LogP contribution < -0.4 is 4.74 Å². The Balaban J connectivity index is 1.79. The molecule has 1 aliphatic heterocycles. The van der Waals surface area contributed by atoms with Gasteiger partial charge in [-0.2, -0.15) is 23.3 Å². The van der Waals surface area contributed by atoms with Gasteiger partial charge in [0, 0.05) is 0 Å². The van der Waals surface area contributed by atoms with Gasteiger partial charge < -0.3 is 9.84 Å². The van der Waals surface area contributed by atoms with Gasteiger partial charge in [-0.3, -0.25) is 4.79 Å². The van der Waals surface area contributed by atoms with Crippen molar-refractivity contribution in [3.8, 4) is 5.75 Å². The minimum absolute atomic E-state index is 0.0182. The maximum Gasteiger partial charge on any atom is 0.438 e. The number of hydrazone groups is 1. The number of halogens is 3. The van der Waals surface area contributed by atoms with Gasteiger partial charge in [-0.15, -0.1) is 0 Å². The van der Waals surface area contributed by atoms with Gasteiger partial charge in [0.05, 0.1) is 12.1 Å². The highest BCUT2D eigenvalue weighted by Crippen LogP contribution is 2.41. The molecule has 3 rings (SSSR count). The first-order valence-corrected chi connectivity index (χ1v) is 10.4. The summed E-state index contributed by atoms with van der Waals surface area (Å²) in [7, 11) is 0. The first-order valence-electron chi connectivity index (χ1n) is 10.4. The normalized spacial score (nSPS) is 19.1. The van der Waals surface area contributed by atoms with Gasteiger partial charge >= 0.3 is 6.18 Å². The van der Waals surface area contributed by atoms with Crippen molar-refractivity contribution >= 4 is 11.6 Å². The van der Waals surface area contributed by atoms with Crippen LogP contribution in [0.3, 0.4) is 0 Å². The lowest BCUT2D eigenvalue weighted by Crippen LogP contribution is -2.57. The topological polar surface area (TPSA) is 62.1 Å². The van der Waals surface area contributed by atoms with E-state index < -0.39 is 30.8 Å². The van der Waals surface area contributed by atoms with Crippen LogP contribution in [0, 0.1) is 0 Å². The highest BCUT2D eigenvalue weighted by Gasteiger charge is 2.63. The van der Waals surface area contributed by atoms with E-state index in [2.05, 4.69) is 5.10 Å². The van der Waals surface area contributed by atoms with Gasteiger partial charge in [0.25, 0.3) is 11.6 Å². The molecule has 0 unspecified atom stereocenters. The van der Waals surface area contributed by atoms with Crippen LogP contribution in [-0.2, 0) is 16.6 Å². The number of aryl methyl sites for hydroxylation is 1. The van der Waals surface area contributed by atoms with E-state index in [0.717, 1.165) is 17.5 Å². The summed E-state index contributed by atoms with van der Waals surface area (Å²) < 4.78 is 46.6. The fraction of sp³-hybridized carbons (Fsp3) is 0.417. The highest BCUT2D eigenvalue weighted by molar-refractivity contribution is 6.03. The summed E-state index contributed by atoms with van der Waals surface area (Å²) in [4.78, 5) is 12.6. The number of rotatable bonds is 5. The second-order valence-corrected chi connectivity index (χ2v) is 8.86. The number of carbonyl (C=O) groups excluding carboxylic acids is 1. The molecular weight excluding hydrogens is 421 g/mol. The van der Waals surface area contributed by atoms with Crippen LogP contribution in [0.25, 0.3) is 0 Å². The molecule has 0 saturated carbocycles. The standard InChI is InChI=1S/C24H27F3N2O3/c1-5-16-6-8-17(9-7-16)20-14-23(31,24(25,26)27)29(28-20)21(30)15-32-19-12-10-18(11-13-19)22(2,3)4/h6-13,31H,5,14-15H2,1-4H3/t23-/m0/s1.